The summed E-state index contributed by atoms with van der Waals surface area (Å²) in [7, 11) is 0. The Hall–Kier alpha value is -3.10. The van der Waals surface area contributed by atoms with Gasteiger partial charge in [0.05, 0.1) is 0 Å². The number of alkyl halides is 2. The second kappa shape index (κ2) is 9.51. The number of hydrogen-bond donors (Lipinski definition) is 0. The summed E-state index contributed by atoms with van der Waals surface area (Å²) in [5.74, 6) is -10.8. The van der Waals surface area contributed by atoms with Crippen molar-refractivity contribution < 1.29 is 39.9 Å². The van der Waals surface area contributed by atoms with Gasteiger partial charge in [0.1, 0.15) is 17.1 Å². The van der Waals surface area contributed by atoms with Gasteiger partial charge in [-0.15, -0.1) is 0 Å². The Morgan fingerprint density at radius 3 is 1.77 bits per heavy atom. The van der Waals surface area contributed by atoms with Crippen LogP contribution in [0.3, 0.4) is 0 Å². The van der Waals surface area contributed by atoms with E-state index in [1.807, 2.05) is 0 Å². The van der Waals surface area contributed by atoms with Gasteiger partial charge in [-0.1, -0.05) is 18.2 Å². The van der Waals surface area contributed by atoms with Crippen LogP contribution in [0.5, 0.6) is 5.75 Å². The van der Waals surface area contributed by atoms with Gasteiger partial charge in [0, 0.05) is 12.1 Å². The predicted octanol–water partition coefficient (Wildman–Crippen LogP) is 8.40. The Balaban J connectivity index is 1.52. The van der Waals surface area contributed by atoms with Crippen molar-refractivity contribution in [3.8, 4) is 5.75 Å². The number of hydrogen-bond acceptors (Lipinski definition) is 1. The third-order valence-corrected chi connectivity index (χ3v) is 6.39. The molecule has 1 fully saturated rings. The second-order valence-corrected chi connectivity index (χ2v) is 8.72. The third kappa shape index (κ3) is 4.99. The van der Waals surface area contributed by atoms with Gasteiger partial charge in [0.25, 0.3) is 0 Å². The average Bonchev–Trinajstić information content (AvgIpc) is 2.79. The summed E-state index contributed by atoms with van der Waals surface area (Å²) in [6, 6.07) is 6.96. The van der Waals surface area contributed by atoms with E-state index >= 15 is 0 Å². The number of aryl methyl sites for hydroxylation is 1. The Morgan fingerprint density at radius 1 is 0.657 bits per heavy atom. The Bertz CT molecular complexity index is 1230. The zero-order valence-electron chi connectivity index (χ0n) is 18.5. The lowest BCUT2D eigenvalue weighted by atomic mass is 9.75. The van der Waals surface area contributed by atoms with Crippen molar-refractivity contribution in [1.29, 1.82) is 0 Å². The SMILES string of the molecule is Cc1ccc(C2CCC(c3ccc(C(F)(F)Oc4cc(F)c(F)c(F)c4)c(F)c3F)CC2)c(F)c1. The van der Waals surface area contributed by atoms with Gasteiger partial charge in [-0.3, -0.25) is 0 Å². The summed E-state index contributed by atoms with van der Waals surface area (Å²) in [6.45, 7) is 1.77. The van der Waals surface area contributed by atoms with Gasteiger partial charge in [-0.05, 0) is 73.3 Å². The number of halogens is 8. The smallest absolute Gasteiger partial charge is 0.429 e. The molecular formula is C26H20F8O. The monoisotopic (exact) mass is 500 g/mol. The molecule has 1 saturated carbocycles. The Morgan fingerprint density at radius 2 is 1.20 bits per heavy atom. The molecule has 0 aromatic heterocycles. The molecule has 1 nitrogen and oxygen atoms in total. The molecule has 186 valence electrons. The molecule has 0 saturated heterocycles. The van der Waals surface area contributed by atoms with Crippen LogP contribution in [-0.2, 0) is 6.11 Å². The number of benzene rings is 3. The molecule has 0 amide bonds. The van der Waals surface area contributed by atoms with E-state index in [1.54, 1.807) is 19.1 Å². The first-order valence-electron chi connectivity index (χ1n) is 10.9. The van der Waals surface area contributed by atoms with E-state index in [-0.39, 0.29) is 29.4 Å². The van der Waals surface area contributed by atoms with E-state index < -0.39 is 52.4 Å². The number of rotatable bonds is 5. The summed E-state index contributed by atoms with van der Waals surface area (Å²) in [5.41, 5.74) is -0.224. The van der Waals surface area contributed by atoms with E-state index in [2.05, 4.69) is 4.74 Å². The molecule has 1 aliphatic carbocycles. The van der Waals surface area contributed by atoms with Crippen LogP contribution in [0.2, 0.25) is 0 Å². The van der Waals surface area contributed by atoms with Crippen molar-refractivity contribution in [3.05, 3.63) is 99.6 Å². The molecule has 3 aromatic rings. The topological polar surface area (TPSA) is 9.23 Å². The van der Waals surface area contributed by atoms with Gasteiger partial charge in [-0.25, -0.2) is 26.3 Å². The largest absolute Gasteiger partial charge is 0.429 e. The Labute approximate surface area is 196 Å². The van der Waals surface area contributed by atoms with E-state index in [1.165, 1.54) is 6.07 Å². The maximum atomic E-state index is 14.8. The molecule has 0 bridgehead atoms. The van der Waals surface area contributed by atoms with Crippen LogP contribution in [0.15, 0.2) is 42.5 Å². The van der Waals surface area contributed by atoms with Crippen LogP contribution >= 0.6 is 0 Å². The van der Waals surface area contributed by atoms with Gasteiger partial charge in [0.2, 0.25) is 0 Å². The second-order valence-electron chi connectivity index (χ2n) is 8.72. The van der Waals surface area contributed by atoms with Crippen LogP contribution in [0.25, 0.3) is 0 Å². The van der Waals surface area contributed by atoms with Crippen molar-refractivity contribution in [1.82, 2.24) is 0 Å². The molecule has 0 heterocycles. The maximum Gasteiger partial charge on any atom is 0.429 e. The molecule has 4 rings (SSSR count). The summed E-state index contributed by atoms with van der Waals surface area (Å²) in [6.07, 6.45) is -2.69. The summed E-state index contributed by atoms with van der Waals surface area (Å²) < 4.78 is 117. The first-order chi connectivity index (χ1) is 16.5. The number of ether oxygens (including phenoxy) is 1. The van der Waals surface area contributed by atoms with Gasteiger partial charge < -0.3 is 4.74 Å². The molecular weight excluding hydrogens is 480 g/mol. The minimum absolute atomic E-state index is 0.0896. The molecule has 0 atom stereocenters. The minimum Gasteiger partial charge on any atom is -0.429 e. The van der Waals surface area contributed by atoms with E-state index in [0.717, 1.165) is 11.6 Å². The standard InChI is InChI=1S/C26H20F8O/c1-13-2-7-17(20(27)10-13)14-3-5-15(6-4-14)18-8-9-19(24(31)23(18)30)26(33,34)35-16-11-21(28)25(32)22(29)12-16/h2,7-12,14-15H,3-6H2,1H3. The molecule has 0 unspecified atom stereocenters. The van der Waals surface area contributed by atoms with E-state index in [9.17, 15) is 35.1 Å². The van der Waals surface area contributed by atoms with Crippen LogP contribution in [0.1, 0.15) is 59.8 Å². The lowest BCUT2D eigenvalue weighted by Gasteiger charge is -2.30. The van der Waals surface area contributed by atoms with E-state index in [0.29, 0.717) is 37.3 Å². The highest BCUT2D eigenvalue weighted by Gasteiger charge is 2.40. The highest BCUT2D eigenvalue weighted by Crippen LogP contribution is 2.43. The fourth-order valence-electron chi connectivity index (χ4n) is 4.58. The van der Waals surface area contributed by atoms with Crippen molar-refractivity contribution in [2.45, 2.75) is 50.6 Å². The average molecular weight is 500 g/mol. The molecule has 0 radical (unpaired) electrons. The lowest BCUT2D eigenvalue weighted by Crippen LogP contribution is -2.25. The zero-order chi connectivity index (χ0) is 25.5. The minimum atomic E-state index is -4.50. The highest BCUT2D eigenvalue weighted by atomic mass is 19.3. The van der Waals surface area contributed by atoms with Crippen LogP contribution in [0, 0.1) is 41.8 Å². The van der Waals surface area contributed by atoms with Crippen LogP contribution < -0.4 is 4.74 Å². The van der Waals surface area contributed by atoms with Crippen molar-refractivity contribution in [3.63, 3.8) is 0 Å². The molecule has 0 N–H and O–H groups in total. The molecule has 9 heteroatoms. The highest BCUT2D eigenvalue weighted by molar-refractivity contribution is 5.34. The first-order valence-corrected chi connectivity index (χ1v) is 10.9. The maximum absolute atomic E-state index is 14.8. The predicted molar refractivity (Wildman–Crippen MR) is 112 cm³/mol. The molecule has 3 aromatic carbocycles. The summed E-state index contributed by atoms with van der Waals surface area (Å²) in [4.78, 5) is 0. The van der Waals surface area contributed by atoms with Crippen LogP contribution in [-0.4, -0.2) is 0 Å². The molecule has 0 aliphatic heterocycles. The Kier molecular flexibility index (Phi) is 6.79. The van der Waals surface area contributed by atoms with Crippen molar-refractivity contribution in [2.24, 2.45) is 0 Å². The molecule has 1 aliphatic rings. The van der Waals surface area contributed by atoms with Gasteiger partial charge in [0.15, 0.2) is 29.1 Å². The first kappa shape index (κ1) is 25.0. The third-order valence-electron chi connectivity index (χ3n) is 6.39. The van der Waals surface area contributed by atoms with Crippen LogP contribution in [0.4, 0.5) is 35.1 Å². The van der Waals surface area contributed by atoms with Crippen molar-refractivity contribution >= 4 is 0 Å². The normalized spacial score (nSPS) is 18.5. The molecule has 35 heavy (non-hydrogen) atoms. The van der Waals surface area contributed by atoms with Gasteiger partial charge >= 0.3 is 6.11 Å². The molecule has 0 spiro atoms. The lowest BCUT2D eigenvalue weighted by molar-refractivity contribution is -0.188. The zero-order valence-corrected chi connectivity index (χ0v) is 18.5. The van der Waals surface area contributed by atoms with Gasteiger partial charge in [-0.2, -0.15) is 8.78 Å². The fraction of sp³-hybridized carbons (Fsp3) is 0.308. The van der Waals surface area contributed by atoms with E-state index in [4.69, 9.17) is 0 Å². The van der Waals surface area contributed by atoms with Crippen molar-refractivity contribution in [2.75, 3.05) is 0 Å². The fourth-order valence-corrected chi connectivity index (χ4v) is 4.58. The summed E-state index contributed by atoms with van der Waals surface area (Å²) in [5, 5.41) is 0. The quantitative estimate of drug-likeness (QED) is 0.253. The summed E-state index contributed by atoms with van der Waals surface area (Å²) >= 11 is 0.